The Kier molecular flexibility index (Phi) is 6.70. The van der Waals surface area contributed by atoms with Gasteiger partial charge in [-0.05, 0) is 42.6 Å². The first-order valence-electron chi connectivity index (χ1n) is 7.79. The first kappa shape index (κ1) is 20.6. The zero-order valence-corrected chi connectivity index (χ0v) is 16.2. The topological polar surface area (TPSA) is 119 Å². The fraction of sp³-hybridized carbons (Fsp3) is 0.235. The molecule has 27 heavy (non-hydrogen) atoms. The van der Waals surface area contributed by atoms with Crippen molar-refractivity contribution in [3.05, 3.63) is 52.2 Å². The van der Waals surface area contributed by atoms with Crippen LogP contribution in [0.5, 0.6) is 0 Å². The van der Waals surface area contributed by atoms with Crippen LogP contribution in [0.1, 0.15) is 27.0 Å². The maximum absolute atomic E-state index is 12.3. The summed E-state index contributed by atoms with van der Waals surface area (Å²) >= 11 is 1.24. The fourth-order valence-electron chi connectivity index (χ4n) is 2.09. The third kappa shape index (κ3) is 6.50. The Morgan fingerprint density at radius 3 is 2.37 bits per heavy atom. The van der Waals surface area contributed by atoms with Gasteiger partial charge in [-0.25, -0.2) is 8.42 Å². The number of rotatable bonds is 8. The van der Waals surface area contributed by atoms with Gasteiger partial charge in [0.05, 0.1) is 11.1 Å². The van der Waals surface area contributed by atoms with Crippen molar-refractivity contribution in [1.82, 2.24) is 5.32 Å². The lowest BCUT2D eigenvalue weighted by Crippen LogP contribution is -2.33. The molecular formula is C17H18N2O6S2. The van der Waals surface area contributed by atoms with Gasteiger partial charge in [-0.15, -0.1) is 11.3 Å². The zero-order valence-electron chi connectivity index (χ0n) is 14.6. The molecule has 1 amide bonds. The number of hydrogen-bond donors (Lipinski definition) is 2. The highest BCUT2D eigenvalue weighted by Crippen LogP contribution is 2.13. The number of benzene rings is 1. The van der Waals surface area contributed by atoms with E-state index in [9.17, 15) is 22.8 Å². The van der Waals surface area contributed by atoms with E-state index in [1.165, 1.54) is 42.5 Å². The Balaban J connectivity index is 1.87. The third-order valence-corrected chi connectivity index (χ3v) is 4.76. The maximum atomic E-state index is 12.3. The van der Waals surface area contributed by atoms with E-state index < -0.39 is 33.8 Å². The Bertz CT molecular complexity index is 921. The van der Waals surface area contributed by atoms with Crippen molar-refractivity contribution in [2.75, 3.05) is 17.5 Å². The molecule has 0 aliphatic carbocycles. The molecule has 10 heteroatoms. The van der Waals surface area contributed by atoms with Crippen molar-refractivity contribution in [2.24, 2.45) is 0 Å². The molecule has 1 atom stereocenters. The number of Topliss-reactive ketones (excluding diaryl/α,β-unsaturated/α-hetero) is 1. The number of esters is 1. The number of hydrogen-bond acceptors (Lipinski definition) is 7. The summed E-state index contributed by atoms with van der Waals surface area (Å²) in [5, 5.41) is 4.16. The Morgan fingerprint density at radius 1 is 1.15 bits per heavy atom. The van der Waals surface area contributed by atoms with Crippen molar-refractivity contribution < 1.29 is 27.5 Å². The molecule has 1 aromatic heterocycles. The van der Waals surface area contributed by atoms with E-state index in [1.807, 2.05) is 0 Å². The number of sulfonamides is 1. The normalized spacial score (nSPS) is 12.1. The molecule has 8 nitrogen and oxygen atoms in total. The van der Waals surface area contributed by atoms with Crippen molar-refractivity contribution in [1.29, 1.82) is 0 Å². The number of ether oxygens (including phenoxy) is 1. The van der Waals surface area contributed by atoms with Crippen LogP contribution in [0.4, 0.5) is 5.69 Å². The highest BCUT2D eigenvalue weighted by atomic mass is 32.2. The smallest absolute Gasteiger partial charge is 0.326 e. The largest absolute Gasteiger partial charge is 0.453 e. The number of anilines is 1. The van der Waals surface area contributed by atoms with Crippen molar-refractivity contribution in [3.63, 3.8) is 0 Å². The lowest BCUT2D eigenvalue weighted by molar-refractivity contribution is -0.145. The molecule has 0 bridgehead atoms. The van der Waals surface area contributed by atoms with Gasteiger partial charge in [-0.1, -0.05) is 6.07 Å². The minimum absolute atomic E-state index is 0.261. The van der Waals surface area contributed by atoms with Gasteiger partial charge in [-0.2, -0.15) is 0 Å². The van der Waals surface area contributed by atoms with Crippen LogP contribution >= 0.6 is 11.3 Å². The molecule has 0 saturated carbocycles. The van der Waals surface area contributed by atoms with E-state index in [1.54, 1.807) is 17.5 Å². The molecule has 0 unspecified atom stereocenters. The van der Waals surface area contributed by atoms with Crippen LogP contribution in [-0.4, -0.2) is 45.0 Å². The summed E-state index contributed by atoms with van der Waals surface area (Å²) in [7, 11) is -3.41. The second-order valence-electron chi connectivity index (χ2n) is 5.61. The molecule has 144 valence electrons. The monoisotopic (exact) mass is 410 g/mol. The summed E-state index contributed by atoms with van der Waals surface area (Å²) in [5.74, 6) is -1.58. The van der Waals surface area contributed by atoms with E-state index in [2.05, 4.69) is 10.0 Å². The molecule has 2 rings (SSSR count). The van der Waals surface area contributed by atoms with E-state index in [0.717, 1.165) is 6.26 Å². The van der Waals surface area contributed by atoms with Gasteiger partial charge in [0.15, 0.2) is 6.10 Å². The number of carbonyl (C=O) groups is 3. The van der Waals surface area contributed by atoms with E-state index in [4.69, 9.17) is 4.74 Å². The minimum Gasteiger partial charge on any atom is -0.453 e. The van der Waals surface area contributed by atoms with Gasteiger partial charge in [0.25, 0.3) is 5.91 Å². The Hall–Kier alpha value is -2.72. The third-order valence-electron chi connectivity index (χ3n) is 3.29. The highest BCUT2D eigenvalue weighted by Gasteiger charge is 2.20. The summed E-state index contributed by atoms with van der Waals surface area (Å²) < 4.78 is 29.7. The molecule has 1 aromatic carbocycles. The zero-order chi connectivity index (χ0) is 20.0. The predicted octanol–water partition coefficient (Wildman–Crippen LogP) is 1.66. The van der Waals surface area contributed by atoms with E-state index in [0.29, 0.717) is 10.6 Å². The molecule has 0 saturated heterocycles. The number of carbonyl (C=O) groups excluding carboxylic acids is 3. The van der Waals surface area contributed by atoms with Crippen LogP contribution in [0.2, 0.25) is 0 Å². The second-order valence-corrected chi connectivity index (χ2v) is 8.30. The number of nitrogens with one attached hydrogen (secondary N) is 2. The van der Waals surface area contributed by atoms with Gasteiger partial charge in [-0.3, -0.25) is 19.1 Å². The summed E-state index contributed by atoms with van der Waals surface area (Å²) in [6.07, 6.45) is -0.0324. The minimum atomic E-state index is -3.41. The lowest BCUT2D eigenvalue weighted by Gasteiger charge is -2.13. The lowest BCUT2D eigenvalue weighted by atomic mass is 10.1. The maximum Gasteiger partial charge on any atom is 0.326 e. The van der Waals surface area contributed by atoms with Crippen LogP contribution in [-0.2, 0) is 19.6 Å². The van der Waals surface area contributed by atoms with Gasteiger partial charge >= 0.3 is 5.97 Å². The van der Waals surface area contributed by atoms with Crippen LogP contribution in [0, 0.1) is 0 Å². The molecule has 0 aliphatic rings. The standard InChI is InChI=1S/C17H18N2O6S2/c1-11(25-15(20)10-18-17(22)14-4-3-9-26-14)16(21)12-5-7-13(8-6-12)19-27(2,23)24/h3-9,11,19H,10H2,1-2H3,(H,18,22)/t11-/m0/s1. The first-order chi connectivity index (χ1) is 12.7. The second kappa shape index (κ2) is 8.78. The molecule has 0 radical (unpaired) electrons. The van der Waals surface area contributed by atoms with E-state index >= 15 is 0 Å². The molecule has 2 N–H and O–H groups in total. The molecule has 0 spiro atoms. The van der Waals surface area contributed by atoms with Crippen molar-refractivity contribution >= 4 is 44.7 Å². The molecular weight excluding hydrogens is 392 g/mol. The molecule has 0 aliphatic heterocycles. The van der Waals surface area contributed by atoms with Crippen LogP contribution in [0.3, 0.4) is 0 Å². The molecule has 0 fully saturated rings. The van der Waals surface area contributed by atoms with Gasteiger partial charge in [0, 0.05) is 11.3 Å². The number of ketones is 1. The summed E-state index contributed by atoms with van der Waals surface area (Å²) in [4.78, 5) is 36.3. The van der Waals surface area contributed by atoms with Crippen LogP contribution in [0.15, 0.2) is 41.8 Å². The molecule has 2 aromatic rings. The summed E-state index contributed by atoms with van der Waals surface area (Å²) in [5.41, 5.74) is 0.576. The van der Waals surface area contributed by atoms with E-state index in [-0.39, 0.29) is 12.1 Å². The SMILES string of the molecule is C[C@H](OC(=O)CNC(=O)c1cccs1)C(=O)c1ccc(NS(C)(=O)=O)cc1. The van der Waals surface area contributed by atoms with Gasteiger partial charge in [0.2, 0.25) is 15.8 Å². The van der Waals surface area contributed by atoms with Crippen molar-refractivity contribution in [3.8, 4) is 0 Å². The number of thiophene rings is 1. The molecule has 1 heterocycles. The fourth-order valence-corrected chi connectivity index (χ4v) is 3.30. The number of amides is 1. The summed E-state index contributed by atoms with van der Waals surface area (Å²) in [6, 6.07) is 9.07. The van der Waals surface area contributed by atoms with Crippen LogP contribution < -0.4 is 10.0 Å². The highest BCUT2D eigenvalue weighted by molar-refractivity contribution is 7.92. The predicted molar refractivity (Wildman–Crippen MR) is 101 cm³/mol. The average Bonchev–Trinajstić information content (AvgIpc) is 3.13. The van der Waals surface area contributed by atoms with Crippen LogP contribution in [0.25, 0.3) is 0 Å². The first-order valence-corrected chi connectivity index (χ1v) is 10.6. The van der Waals surface area contributed by atoms with Gasteiger partial charge in [0.1, 0.15) is 6.54 Å². The average molecular weight is 410 g/mol. The summed E-state index contributed by atoms with van der Waals surface area (Å²) in [6.45, 7) is 1.07. The van der Waals surface area contributed by atoms with Gasteiger partial charge < -0.3 is 10.1 Å². The van der Waals surface area contributed by atoms with Crippen molar-refractivity contribution in [2.45, 2.75) is 13.0 Å². The Labute approximate surface area is 160 Å². The quantitative estimate of drug-likeness (QED) is 0.505. The Morgan fingerprint density at radius 2 is 1.81 bits per heavy atom.